The third kappa shape index (κ3) is 0.372. The van der Waals surface area contributed by atoms with Gasteiger partial charge in [0.2, 0.25) is 0 Å². The smallest absolute Gasteiger partial charge is 0.194 e. The van der Waals surface area contributed by atoms with Gasteiger partial charge >= 0.3 is 0 Å². The van der Waals surface area contributed by atoms with Crippen LogP contribution in [0.1, 0.15) is 19.3 Å². The molecule has 56 valence electrons. The minimum Gasteiger partial charge on any atom is -0.396 e. The summed E-state index contributed by atoms with van der Waals surface area (Å²) in [7, 11) is 0. The zero-order valence-corrected chi connectivity index (χ0v) is 6.16. The Morgan fingerprint density at radius 1 is 1.30 bits per heavy atom. The predicted octanol–water partition coefficient (Wildman–Crippen LogP) is 0.112. The van der Waals surface area contributed by atoms with Gasteiger partial charge in [-0.25, -0.2) is 0 Å². The highest BCUT2D eigenvalue weighted by Crippen LogP contribution is 2.71. The van der Waals surface area contributed by atoms with Crippen molar-refractivity contribution in [2.45, 2.75) is 37.4 Å². The van der Waals surface area contributed by atoms with E-state index in [1.807, 2.05) is 0 Å². The lowest BCUT2D eigenvalue weighted by atomic mass is 10.3. The van der Waals surface area contributed by atoms with Crippen molar-refractivity contribution in [3.8, 4) is 0 Å². The summed E-state index contributed by atoms with van der Waals surface area (Å²) in [5, 5.41) is 8.66. The number of fused-ring (bicyclic) bond motifs is 1. The van der Waals surface area contributed by atoms with Crippen LogP contribution in [0, 0.1) is 0 Å². The molecule has 0 aromatic heterocycles. The Morgan fingerprint density at radius 2 is 2.00 bits per heavy atom. The first kappa shape index (κ1) is 5.56. The van der Waals surface area contributed by atoms with Gasteiger partial charge in [-0.2, -0.15) is 0 Å². The SMILES string of the molecule is OCCC[N+]12C3CCC1C32. The first-order valence-electron chi connectivity index (χ1n) is 4.39. The molecule has 0 amide bonds. The van der Waals surface area contributed by atoms with E-state index in [2.05, 4.69) is 0 Å². The molecule has 0 radical (unpaired) electrons. The molecule has 0 aromatic rings. The monoisotopic (exact) mass is 140 g/mol. The molecule has 3 heterocycles. The third-order valence-electron chi connectivity index (χ3n) is 3.86. The molecule has 4 rings (SSSR count). The Hall–Kier alpha value is -0.0800. The Kier molecular flexibility index (Phi) is 0.783. The number of aliphatic hydroxyl groups is 1. The number of aliphatic hydroxyl groups excluding tert-OH is 1. The predicted molar refractivity (Wildman–Crippen MR) is 37.4 cm³/mol. The van der Waals surface area contributed by atoms with E-state index in [1.54, 1.807) is 0 Å². The molecular weight excluding hydrogens is 126 g/mol. The number of piperidine rings is 1. The van der Waals surface area contributed by atoms with Crippen molar-refractivity contribution >= 4 is 0 Å². The number of nitrogens with zero attached hydrogens (tertiary/aromatic N) is 1. The molecule has 0 spiro atoms. The second-order valence-electron chi connectivity index (χ2n) is 4.00. The largest absolute Gasteiger partial charge is 0.396 e. The van der Waals surface area contributed by atoms with Crippen LogP contribution < -0.4 is 0 Å². The van der Waals surface area contributed by atoms with Crippen LogP contribution in [-0.4, -0.2) is 40.9 Å². The Labute approximate surface area is 61.0 Å². The molecular formula is C8H14NO+. The molecule has 2 bridgehead atoms. The molecule has 1 saturated carbocycles. The fraction of sp³-hybridized carbons (Fsp3) is 1.00. The van der Waals surface area contributed by atoms with E-state index in [9.17, 15) is 0 Å². The van der Waals surface area contributed by atoms with Crippen LogP contribution in [0.4, 0.5) is 0 Å². The number of hydrogen-bond acceptors (Lipinski definition) is 1. The lowest BCUT2D eigenvalue weighted by Crippen LogP contribution is -2.22. The molecule has 0 aromatic carbocycles. The molecule has 1 N–H and O–H groups in total. The lowest BCUT2D eigenvalue weighted by Gasteiger charge is -2.06. The first-order chi connectivity index (χ1) is 4.91. The van der Waals surface area contributed by atoms with Gasteiger partial charge in [0.1, 0.15) is 12.1 Å². The molecule has 4 fully saturated rings. The fourth-order valence-corrected chi connectivity index (χ4v) is 3.40. The molecule has 3 aliphatic heterocycles. The van der Waals surface area contributed by atoms with Crippen molar-refractivity contribution in [3.63, 3.8) is 0 Å². The standard InChI is InChI=1S/C8H14NO/c10-5-1-4-9-6-2-3-7(9)8(6)9/h6-8,10H,1-5H2/q+1. The van der Waals surface area contributed by atoms with Crippen LogP contribution >= 0.6 is 0 Å². The van der Waals surface area contributed by atoms with Crippen LogP contribution in [0.15, 0.2) is 0 Å². The maximum absolute atomic E-state index is 8.66. The maximum Gasteiger partial charge on any atom is 0.194 e. The zero-order chi connectivity index (χ0) is 6.77. The molecule has 4 aliphatic rings. The molecule has 2 heteroatoms. The number of hydrogen-bond donors (Lipinski definition) is 1. The molecule has 10 heavy (non-hydrogen) atoms. The minimum atomic E-state index is 0.395. The van der Waals surface area contributed by atoms with Gasteiger partial charge in [0.05, 0.1) is 6.54 Å². The zero-order valence-electron chi connectivity index (χ0n) is 6.16. The molecule has 3 saturated heterocycles. The van der Waals surface area contributed by atoms with E-state index in [0.717, 1.165) is 24.5 Å². The summed E-state index contributed by atoms with van der Waals surface area (Å²) < 4.78 is 1.44. The summed E-state index contributed by atoms with van der Waals surface area (Å²) in [4.78, 5) is 0. The fourth-order valence-electron chi connectivity index (χ4n) is 3.40. The normalized spacial score (nSPS) is 60.3. The molecule has 2 unspecified atom stereocenters. The highest BCUT2D eigenvalue weighted by molar-refractivity contribution is 5.16. The highest BCUT2D eigenvalue weighted by Gasteiger charge is 2.93. The molecule has 2 nitrogen and oxygen atoms in total. The summed E-state index contributed by atoms with van der Waals surface area (Å²) in [5.74, 6) is 0. The van der Waals surface area contributed by atoms with Gasteiger partial charge < -0.3 is 5.11 Å². The van der Waals surface area contributed by atoms with Crippen LogP contribution in [0.5, 0.6) is 0 Å². The van der Waals surface area contributed by atoms with Crippen molar-refractivity contribution in [1.29, 1.82) is 0 Å². The van der Waals surface area contributed by atoms with E-state index in [-0.39, 0.29) is 0 Å². The van der Waals surface area contributed by atoms with Crippen molar-refractivity contribution in [2.75, 3.05) is 13.2 Å². The summed E-state index contributed by atoms with van der Waals surface area (Å²) in [6.07, 6.45) is 4.00. The van der Waals surface area contributed by atoms with Crippen molar-refractivity contribution in [3.05, 3.63) is 0 Å². The van der Waals surface area contributed by atoms with Crippen LogP contribution in [0.3, 0.4) is 0 Å². The minimum absolute atomic E-state index is 0.395. The lowest BCUT2D eigenvalue weighted by molar-refractivity contribution is -0.729. The van der Waals surface area contributed by atoms with Gasteiger partial charge in [-0.1, -0.05) is 0 Å². The number of quaternary nitrogens is 1. The van der Waals surface area contributed by atoms with Gasteiger partial charge in [-0.15, -0.1) is 0 Å². The van der Waals surface area contributed by atoms with E-state index in [4.69, 9.17) is 5.11 Å². The second kappa shape index (κ2) is 1.41. The van der Waals surface area contributed by atoms with Gasteiger partial charge in [0.15, 0.2) is 6.04 Å². The highest BCUT2D eigenvalue weighted by atomic mass is 16.3. The Morgan fingerprint density at radius 3 is 2.50 bits per heavy atom. The van der Waals surface area contributed by atoms with E-state index in [0.29, 0.717) is 6.61 Å². The van der Waals surface area contributed by atoms with E-state index < -0.39 is 0 Å². The van der Waals surface area contributed by atoms with Gasteiger partial charge in [0.25, 0.3) is 0 Å². The molecule has 2 atom stereocenters. The third-order valence-corrected chi connectivity index (χ3v) is 3.86. The van der Waals surface area contributed by atoms with Gasteiger partial charge in [-0.05, 0) is 0 Å². The quantitative estimate of drug-likeness (QED) is 0.436. The maximum atomic E-state index is 8.66. The average molecular weight is 140 g/mol. The van der Waals surface area contributed by atoms with Crippen molar-refractivity contribution in [1.82, 2.24) is 0 Å². The molecule has 1 aliphatic carbocycles. The van der Waals surface area contributed by atoms with Gasteiger partial charge in [0, 0.05) is 25.9 Å². The second-order valence-corrected chi connectivity index (χ2v) is 4.00. The van der Waals surface area contributed by atoms with Crippen LogP contribution in [-0.2, 0) is 0 Å². The Balaban J connectivity index is 1.65. The number of rotatable bonds is 3. The van der Waals surface area contributed by atoms with Crippen LogP contribution in [0.25, 0.3) is 0 Å². The van der Waals surface area contributed by atoms with Gasteiger partial charge in [-0.3, -0.25) is 4.48 Å². The summed E-state index contributed by atoms with van der Waals surface area (Å²) >= 11 is 0. The van der Waals surface area contributed by atoms with Crippen molar-refractivity contribution < 1.29 is 9.59 Å². The summed E-state index contributed by atoms with van der Waals surface area (Å²) in [5.41, 5.74) is 0. The Bertz CT molecular complexity index is 159. The topological polar surface area (TPSA) is 20.2 Å². The first-order valence-corrected chi connectivity index (χ1v) is 4.39. The van der Waals surface area contributed by atoms with E-state index >= 15 is 0 Å². The van der Waals surface area contributed by atoms with E-state index in [1.165, 1.54) is 23.9 Å². The average Bonchev–Trinajstić information content (AvgIpc) is 2.56. The summed E-state index contributed by atoms with van der Waals surface area (Å²) in [6.45, 7) is 1.67. The summed E-state index contributed by atoms with van der Waals surface area (Å²) in [6, 6.07) is 3.22. The van der Waals surface area contributed by atoms with Crippen molar-refractivity contribution in [2.24, 2.45) is 0 Å². The van der Waals surface area contributed by atoms with Crippen LogP contribution in [0.2, 0.25) is 0 Å².